The van der Waals surface area contributed by atoms with Crippen molar-refractivity contribution >= 4 is 29.4 Å². The van der Waals surface area contributed by atoms with Crippen LogP contribution in [0.15, 0.2) is 36.5 Å². The predicted octanol–water partition coefficient (Wildman–Crippen LogP) is 5.37. The highest BCUT2D eigenvalue weighted by molar-refractivity contribution is 6.31. The van der Waals surface area contributed by atoms with E-state index in [2.05, 4.69) is 0 Å². The van der Waals surface area contributed by atoms with Gasteiger partial charge in [0.2, 0.25) is 0 Å². The minimum Gasteiger partial charge on any atom is -0.492 e. The van der Waals surface area contributed by atoms with E-state index in [1.807, 2.05) is 20.8 Å². The number of piperidine rings is 1. The molecule has 1 unspecified atom stereocenters. The number of hydrogen-bond donors (Lipinski definition) is 0. The molecule has 0 spiro atoms. The molecule has 2 heterocycles. The third kappa shape index (κ3) is 7.49. The van der Waals surface area contributed by atoms with Gasteiger partial charge in [0.25, 0.3) is 0 Å². The standard InChI is InChI=1S/C26H33ClN2O6/c1-26(2,3)35-25(32)29-12-6-5-10-20(29)11-13-34-21-15-22(24(31)33-4)28(16-21)17-23(30)18-8-7-9-19(27)14-18/h7-9,14-16,20H,5-6,10-13,17H2,1-4H3. The Morgan fingerprint density at radius 1 is 1.14 bits per heavy atom. The molecule has 0 aliphatic carbocycles. The van der Waals surface area contributed by atoms with Gasteiger partial charge in [-0.15, -0.1) is 0 Å². The Balaban J connectivity index is 1.65. The van der Waals surface area contributed by atoms with Gasteiger partial charge in [-0.3, -0.25) is 4.79 Å². The fourth-order valence-electron chi connectivity index (χ4n) is 4.05. The maximum absolute atomic E-state index is 12.7. The second-order valence-electron chi connectivity index (χ2n) is 9.57. The third-order valence-electron chi connectivity index (χ3n) is 5.70. The van der Waals surface area contributed by atoms with Crippen molar-refractivity contribution in [3.8, 4) is 5.75 Å². The van der Waals surface area contributed by atoms with Gasteiger partial charge in [0, 0.05) is 41.9 Å². The number of esters is 1. The van der Waals surface area contributed by atoms with Gasteiger partial charge in [-0.25, -0.2) is 9.59 Å². The minimum atomic E-state index is -0.567. The number of benzene rings is 1. The minimum absolute atomic E-state index is 0.0187. The van der Waals surface area contributed by atoms with Crippen molar-refractivity contribution in [3.63, 3.8) is 0 Å². The molecular formula is C26H33ClN2O6. The topological polar surface area (TPSA) is 87.1 Å². The van der Waals surface area contributed by atoms with Crippen LogP contribution in [0.2, 0.25) is 5.02 Å². The van der Waals surface area contributed by atoms with E-state index >= 15 is 0 Å². The second-order valence-corrected chi connectivity index (χ2v) is 10.0. The molecule has 9 heteroatoms. The molecular weight excluding hydrogens is 472 g/mol. The summed E-state index contributed by atoms with van der Waals surface area (Å²) in [6, 6.07) is 8.23. The first-order valence-corrected chi connectivity index (χ1v) is 12.1. The molecule has 1 saturated heterocycles. The van der Waals surface area contributed by atoms with Gasteiger partial charge < -0.3 is 23.7 Å². The Bertz CT molecular complexity index is 1060. The molecule has 8 nitrogen and oxygen atoms in total. The number of aromatic nitrogens is 1. The largest absolute Gasteiger partial charge is 0.492 e. The Morgan fingerprint density at radius 3 is 2.60 bits per heavy atom. The maximum Gasteiger partial charge on any atom is 0.410 e. The molecule has 2 aromatic rings. The smallest absolute Gasteiger partial charge is 0.410 e. The molecule has 0 N–H and O–H groups in total. The summed E-state index contributed by atoms with van der Waals surface area (Å²) >= 11 is 6.00. The number of Topliss-reactive ketones (excluding diaryl/α,β-unsaturated/α-hetero) is 1. The number of hydrogen-bond acceptors (Lipinski definition) is 6. The molecule has 1 amide bonds. The molecule has 3 rings (SSSR count). The molecule has 0 radical (unpaired) electrons. The Morgan fingerprint density at radius 2 is 1.91 bits per heavy atom. The van der Waals surface area contributed by atoms with Crippen molar-refractivity contribution in [3.05, 3.63) is 52.8 Å². The van der Waals surface area contributed by atoms with E-state index in [-0.39, 0.29) is 30.2 Å². The van der Waals surface area contributed by atoms with Crippen molar-refractivity contribution in [1.29, 1.82) is 0 Å². The van der Waals surface area contributed by atoms with Gasteiger partial charge >= 0.3 is 12.1 Å². The van der Waals surface area contributed by atoms with Gasteiger partial charge in [-0.2, -0.15) is 0 Å². The summed E-state index contributed by atoms with van der Waals surface area (Å²) in [6.07, 6.45) is 4.80. The number of amides is 1. The van der Waals surface area contributed by atoms with Crippen molar-refractivity contribution in [2.45, 2.75) is 64.6 Å². The summed E-state index contributed by atoms with van der Waals surface area (Å²) < 4.78 is 17.9. The SMILES string of the molecule is COC(=O)c1cc(OCCC2CCCCN2C(=O)OC(C)(C)C)cn1CC(=O)c1cccc(Cl)c1. The van der Waals surface area contributed by atoms with Crippen molar-refractivity contribution in [2.75, 3.05) is 20.3 Å². The molecule has 0 bridgehead atoms. The number of ketones is 1. The lowest BCUT2D eigenvalue weighted by molar-refractivity contribution is 0.00740. The van der Waals surface area contributed by atoms with E-state index in [0.717, 1.165) is 19.3 Å². The zero-order valence-electron chi connectivity index (χ0n) is 20.7. The molecule has 0 saturated carbocycles. The summed E-state index contributed by atoms with van der Waals surface area (Å²) in [6.45, 7) is 6.50. The fourth-order valence-corrected chi connectivity index (χ4v) is 4.24. The van der Waals surface area contributed by atoms with E-state index in [1.54, 1.807) is 41.4 Å². The average Bonchev–Trinajstić information content (AvgIpc) is 3.20. The average molecular weight is 505 g/mol. The Labute approximate surface area is 211 Å². The number of likely N-dealkylation sites (tertiary alicyclic amines) is 1. The zero-order chi connectivity index (χ0) is 25.6. The van der Waals surface area contributed by atoms with Gasteiger partial charge in [0.15, 0.2) is 5.78 Å². The van der Waals surface area contributed by atoms with Crippen LogP contribution >= 0.6 is 11.6 Å². The third-order valence-corrected chi connectivity index (χ3v) is 5.94. The Hall–Kier alpha value is -3.00. The van der Waals surface area contributed by atoms with E-state index in [0.29, 0.717) is 35.9 Å². The first-order chi connectivity index (χ1) is 16.6. The van der Waals surface area contributed by atoms with Gasteiger partial charge in [-0.05, 0) is 52.2 Å². The van der Waals surface area contributed by atoms with Gasteiger partial charge in [-0.1, -0.05) is 23.7 Å². The highest BCUT2D eigenvalue weighted by atomic mass is 35.5. The lowest BCUT2D eigenvalue weighted by Crippen LogP contribution is -2.46. The van der Waals surface area contributed by atoms with E-state index < -0.39 is 11.6 Å². The number of methoxy groups -OCH3 is 1. The van der Waals surface area contributed by atoms with Crippen molar-refractivity contribution in [1.82, 2.24) is 9.47 Å². The van der Waals surface area contributed by atoms with Crippen LogP contribution in [0.4, 0.5) is 4.79 Å². The van der Waals surface area contributed by atoms with Crippen LogP contribution in [0.1, 0.15) is 67.3 Å². The van der Waals surface area contributed by atoms with Crippen LogP contribution < -0.4 is 4.74 Å². The number of ether oxygens (including phenoxy) is 3. The lowest BCUT2D eigenvalue weighted by atomic mass is 10.0. The number of carbonyl (C=O) groups is 3. The van der Waals surface area contributed by atoms with Gasteiger partial charge in [0.05, 0.1) is 20.3 Å². The fraction of sp³-hybridized carbons (Fsp3) is 0.500. The molecule has 1 aliphatic heterocycles. The first kappa shape index (κ1) is 26.6. The van der Waals surface area contributed by atoms with Crippen LogP contribution in [-0.4, -0.2) is 59.2 Å². The molecule has 1 atom stereocenters. The summed E-state index contributed by atoms with van der Waals surface area (Å²) in [5, 5.41) is 0.462. The lowest BCUT2D eigenvalue weighted by Gasteiger charge is -2.36. The van der Waals surface area contributed by atoms with Crippen molar-refractivity contribution < 1.29 is 28.6 Å². The van der Waals surface area contributed by atoms with Crippen LogP contribution in [-0.2, 0) is 16.0 Å². The second kappa shape index (κ2) is 11.6. The van der Waals surface area contributed by atoms with E-state index in [9.17, 15) is 14.4 Å². The Kier molecular flexibility index (Phi) is 8.83. The monoisotopic (exact) mass is 504 g/mol. The van der Waals surface area contributed by atoms with Crippen LogP contribution in [0.3, 0.4) is 0 Å². The highest BCUT2D eigenvalue weighted by Gasteiger charge is 2.30. The molecule has 190 valence electrons. The number of nitrogens with zero attached hydrogens (tertiary/aromatic N) is 2. The number of carbonyl (C=O) groups excluding carboxylic acids is 3. The van der Waals surface area contributed by atoms with Crippen LogP contribution in [0.25, 0.3) is 0 Å². The molecule has 1 aromatic carbocycles. The summed E-state index contributed by atoms with van der Waals surface area (Å²) in [5.74, 6) is -0.318. The maximum atomic E-state index is 12.7. The normalized spacial score (nSPS) is 16.0. The molecule has 35 heavy (non-hydrogen) atoms. The molecule has 1 aromatic heterocycles. The molecule has 1 aliphatic rings. The van der Waals surface area contributed by atoms with E-state index in [4.69, 9.17) is 25.8 Å². The number of rotatable bonds is 8. The summed E-state index contributed by atoms with van der Waals surface area (Å²) in [7, 11) is 1.29. The van der Waals surface area contributed by atoms with Gasteiger partial charge in [0.1, 0.15) is 17.0 Å². The van der Waals surface area contributed by atoms with Crippen LogP contribution in [0, 0.1) is 0 Å². The summed E-state index contributed by atoms with van der Waals surface area (Å²) in [5.41, 5.74) is 0.112. The highest BCUT2D eigenvalue weighted by Crippen LogP contribution is 2.24. The molecule has 1 fully saturated rings. The number of halogens is 1. The quantitative estimate of drug-likeness (QED) is 0.355. The van der Waals surface area contributed by atoms with E-state index in [1.165, 1.54) is 11.7 Å². The zero-order valence-corrected chi connectivity index (χ0v) is 21.5. The predicted molar refractivity (Wildman–Crippen MR) is 132 cm³/mol. The van der Waals surface area contributed by atoms with Crippen molar-refractivity contribution in [2.24, 2.45) is 0 Å². The summed E-state index contributed by atoms with van der Waals surface area (Å²) in [4.78, 5) is 39.4. The van der Waals surface area contributed by atoms with Crippen LogP contribution in [0.5, 0.6) is 5.75 Å². The first-order valence-electron chi connectivity index (χ1n) is 11.8.